The second kappa shape index (κ2) is 6.42. The largest absolute Gasteiger partial charge is 0.351 e. The first-order valence-corrected chi connectivity index (χ1v) is 8.84. The standard InChI is InChI=1S/C13H17FN6O3S/c1-15-24(22,23)20-4-2-9(3-5-20)17-13-16-7-8-6-10(14)12(21)18-11(8)19-13/h6-7,9,15H,2-5H2,1H3,(H2,16,17,18,19,21). The minimum atomic E-state index is -3.41. The Hall–Kier alpha value is -2.11. The van der Waals surface area contributed by atoms with Crippen molar-refractivity contribution in [2.24, 2.45) is 0 Å². The molecule has 2 aromatic heterocycles. The lowest BCUT2D eigenvalue weighted by Gasteiger charge is -2.31. The fourth-order valence-corrected chi connectivity index (χ4v) is 3.54. The Kier molecular flexibility index (Phi) is 4.47. The third-order valence-corrected chi connectivity index (χ3v) is 5.49. The molecule has 1 aliphatic rings. The number of aromatic nitrogens is 3. The molecule has 0 radical (unpaired) electrons. The summed E-state index contributed by atoms with van der Waals surface area (Å²) >= 11 is 0. The molecule has 0 aliphatic carbocycles. The molecule has 1 aliphatic heterocycles. The summed E-state index contributed by atoms with van der Waals surface area (Å²) in [5, 5.41) is 3.51. The highest BCUT2D eigenvalue weighted by molar-refractivity contribution is 7.87. The van der Waals surface area contributed by atoms with E-state index < -0.39 is 21.6 Å². The predicted molar refractivity (Wildman–Crippen MR) is 86.3 cm³/mol. The monoisotopic (exact) mass is 356 g/mol. The van der Waals surface area contributed by atoms with Crippen molar-refractivity contribution in [1.29, 1.82) is 0 Å². The topological polar surface area (TPSA) is 120 Å². The third kappa shape index (κ3) is 3.37. The lowest BCUT2D eigenvalue weighted by atomic mass is 10.1. The lowest BCUT2D eigenvalue weighted by molar-refractivity contribution is 0.326. The quantitative estimate of drug-likeness (QED) is 0.698. The van der Waals surface area contributed by atoms with Gasteiger partial charge in [-0.25, -0.2) is 14.1 Å². The first-order chi connectivity index (χ1) is 11.4. The van der Waals surface area contributed by atoms with Crippen molar-refractivity contribution in [2.45, 2.75) is 18.9 Å². The average Bonchev–Trinajstić information content (AvgIpc) is 2.57. The van der Waals surface area contributed by atoms with Crippen molar-refractivity contribution in [3.05, 3.63) is 28.4 Å². The summed E-state index contributed by atoms with van der Waals surface area (Å²) in [6, 6.07) is 1.09. The number of nitrogens with zero attached hydrogens (tertiary/aromatic N) is 3. The minimum Gasteiger partial charge on any atom is -0.351 e. The number of fused-ring (bicyclic) bond motifs is 1. The van der Waals surface area contributed by atoms with Crippen molar-refractivity contribution in [3.63, 3.8) is 0 Å². The first kappa shape index (κ1) is 16.7. The van der Waals surface area contributed by atoms with Crippen LogP contribution in [0.4, 0.5) is 10.3 Å². The molecule has 11 heteroatoms. The van der Waals surface area contributed by atoms with Crippen LogP contribution in [-0.4, -0.2) is 53.9 Å². The van der Waals surface area contributed by atoms with Crippen LogP contribution in [0.2, 0.25) is 0 Å². The van der Waals surface area contributed by atoms with Gasteiger partial charge in [0.05, 0.1) is 0 Å². The van der Waals surface area contributed by atoms with Gasteiger partial charge in [-0.05, 0) is 18.9 Å². The van der Waals surface area contributed by atoms with Crippen molar-refractivity contribution in [1.82, 2.24) is 24.0 Å². The van der Waals surface area contributed by atoms with Crippen molar-refractivity contribution < 1.29 is 12.8 Å². The Balaban J connectivity index is 1.70. The summed E-state index contributed by atoms with van der Waals surface area (Å²) in [7, 11) is -2.02. The van der Waals surface area contributed by atoms with E-state index in [1.54, 1.807) is 0 Å². The van der Waals surface area contributed by atoms with Gasteiger partial charge in [0.2, 0.25) is 5.95 Å². The Bertz CT molecular complexity index is 908. The minimum absolute atomic E-state index is 0.0120. The van der Waals surface area contributed by atoms with Gasteiger partial charge in [0.15, 0.2) is 5.82 Å². The molecular weight excluding hydrogens is 339 g/mol. The summed E-state index contributed by atoms with van der Waals surface area (Å²) < 4.78 is 40.3. The number of hydrogen-bond donors (Lipinski definition) is 3. The van der Waals surface area contributed by atoms with Crippen LogP contribution in [0.1, 0.15) is 12.8 Å². The van der Waals surface area contributed by atoms with E-state index in [9.17, 15) is 17.6 Å². The summed E-state index contributed by atoms with van der Waals surface area (Å²) in [6.45, 7) is 0.771. The molecule has 0 aromatic carbocycles. The number of rotatable bonds is 4. The maximum absolute atomic E-state index is 13.2. The third-order valence-electron chi connectivity index (χ3n) is 3.93. The predicted octanol–water partition coefficient (Wildman–Crippen LogP) is -0.202. The number of pyridine rings is 1. The molecule has 2 aromatic rings. The molecule has 24 heavy (non-hydrogen) atoms. The molecule has 1 fully saturated rings. The molecule has 0 atom stereocenters. The van der Waals surface area contributed by atoms with Gasteiger partial charge in [0.25, 0.3) is 15.8 Å². The summed E-state index contributed by atoms with van der Waals surface area (Å²) in [6.07, 6.45) is 2.62. The Morgan fingerprint density at radius 2 is 2.08 bits per heavy atom. The van der Waals surface area contributed by atoms with Gasteiger partial charge < -0.3 is 10.3 Å². The van der Waals surface area contributed by atoms with Gasteiger partial charge in [0, 0.05) is 37.8 Å². The number of anilines is 1. The van der Waals surface area contributed by atoms with Crippen molar-refractivity contribution in [2.75, 3.05) is 25.5 Å². The van der Waals surface area contributed by atoms with Crippen LogP contribution in [0.15, 0.2) is 17.1 Å². The van der Waals surface area contributed by atoms with Crippen LogP contribution in [0.25, 0.3) is 11.0 Å². The van der Waals surface area contributed by atoms with Gasteiger partial charge in [-0.2, -0.15) is 17.7 Å². The molecule has 130 valence electrons. The van der Waals surface area contributed by atoms with Gasteiger partial charge in [0.1, 0.15) is 5.65 Å². The molecule has 0 unspecified atom stereocenters. The van der Waals surface area contributed by atoms with E-state index in [1.165, 1.54) is 17.5 Å². The zero-order chi connectivity index (χ0) is 17.3. The van der Waals surface area contributed by atoms with E-state index >= 15 is 0 Å². The summed E-state index contributed by atoms with van der Waals surface area (Å²) in [5.74, 6) is -0.579. The van der Waals surface area contributed by atoms with E-state index in [-0.39, 0.29) is 11.7 Å². The number of aromatic amines is 1. The lowest BCUT2D eigenvalue weighted by Crippen LogP contribution is -2.46. The highest BCUT2D eigenvalue weighted by Crippen LogP contribution is 2.17. The first-order valence-electron chi connectivity index (χ1n) is 7.40. The van der Waals surface area contributed by atoms with E-state index in [1.807, 2.05) is 0 Å². The Labute approximate surface area is 137 Å². The molecule has 1 saturated heterocycles. The smallest absolute Gasteiger partial charge is 0.285 e. The van der Waals surface area contributed by atoms with Gasteiger partial charge in [-0.15, -0.1) is 0 Å². The maximum Gasteiger partial charge on any atom is 0.285 e. The second-order valence-electron chi connectivity index (χ2n) is 5.47. The van der Waals surface area contributed by atoms with Crippen LogP contribution >= 0.6 is 0 Å². The molecule has 0 bridgehead atoms. The van der Waals surface area contributed by atoms with E-state index in [2.05, 4.69) is 25.0 Å². The molecule has 0 spiro atoms. The molecular formula is C13H17FN6O3S. The van der Waals surface area contributed by atoms with Gasteiger partial charge in [-0.3, -0.25) is 4.79 Å². The summed E-state index contributed by atoms with van der Waals surface area (Å²) in [5.41, 5.74) is -0.591. The van der Waals surface area contributed by atoms with Crippen molar-refractivity contribution >= 4 is 27.2 Å². The Morgan fingerprint density at radius 1 is 1.38 bits per heavy atom. The molecule has 9 nitrogen and oxygen atoms in total. The van der Waals surface area contributed by atoms with Crippen LogP contribution in [-0.2, 0) is 10.2 Å². The number of halogens is 1. The number of hydrogen-bond acceptors (Lipinski definition) is 6. The molecule has 3 rings (SSSR count). The fourth-order valence-electron chi connectivity index (χ4n) is 2.59. The van der Waals surface area contributed by atoms with Crippen LogP contribution in [0.3, 0.4) is 0 Å². The van der Waals surface area contributed by atoms with E-state index in [4.69, 9.17) is 0 Å². The zero-order valence-corrected chi connectivity index (χ0v) is 13.7. The Morgan fingerprint density at radius 3 is 2.75 bits per heavy atom. The summed E-state index contributed by atoms with van der Waals surface area (Å²) in [4.78, 5) is 21.9. The van der Waals surface area contributed by atoms with Crippen LogP contribution in [0.5, 0.6) is 0 Å². The number of nitrogens with one attached hydrogen (secondary N) is 3. The van der Waals surface area contributed by atoms with Crippen molar-refractivity contribution in [3.8, 4) is 0 Å². The highest BCUT2D eigenvalue weighted by Gasteiger charge is 2.27. The van der Waals surface area contributed by atoms with Crippen LogP contribution < -0.4 is 15.6 Å². The fraction of sp³-hybridized carbons (Fsp3) is 0.462. The molecule has 0 saturated carbocycles. The van der Waals surface area contributed by atoms with Crippen LogP contribution in [0, 0.1) is 5.82 Å². The van der Waals surface area contributed by atoms with Gasteiger partial charge >= 0.3 is 0 Å². The van der Waals surface area contributed by atoms with Gasteiger partial charge in [-0.1, -0.05) is 0 Å². The average molecular weight is 356 g/mol. The van der Waals surface area contributed by atoms with E-state index in [0.717, 1.165) is 6.07 Å². The highest BCUT2D eigenvalue weighted by atomic mass is 32.2. The normalized spacial score (nSPS) is 17.2. The molecule has 3 N–H and O–H groups in total. The second-order valence-corrected chi connectivity index (χ2v) is 7.35. The number of H-pyrrole nitrogens is 1. The molecule has 3 heterocycles. The molecule has 0 amide bonds. The maximum atomic E-state index is 13.2. The SMILES string of the molecule is CNS(=O)(=O)N1CCC(Nc2ncc3cc(F)c(=O)[nH]c3n2)CC1. The van der Waals surface area contributed by atoms with E-state index in [0.29, 0.717) is 37.3 Å². The number of piperidine rings is 1. The zero-order valence-electron chi connectivity index (χ0n) is 12.9.